The summed E-state index contributed by atoms with van der Waals surface area (Å²) in [5.41, 5.74) is 2.73. The topological polar surface area (TPSA) is 39.7 Å². The number of nitrogens with one attached hydrogen (secondary N) is 1. The summed E-state index contributed by atoms with van der Waals surface area (Å²) in [6.45, 7) is 4.50. The van der Waals surface area contributed by atoms with Gasteiger partial charge >= 0.3 is 0 Å². The van der Waals surface area contributed by atoms with Crippen molar-refractivity contribution in [2.45, 2.75) is 12.5 Å². The molecule has 4 heteroatoms. The van der Waals surface area contributed by atoms with E-state index >= 15 is 0 Å². The van der Waals surface area contributed by atoms with Crippen LogP contribution in [-0.4, -0.2) is 46.6 Å². The predicted molar refractivity (Wildman–Crippen MR) is 74.4 cm³/mol. The average molecular weight is 265 g/mol. The van der Waals surface area contributed by atoms with Crippen LogP contribution in [0.25, 0.3) is 0 Å². The van der Waals surface area contributed by atoms with Crippen LogP contribution in [0.15, 0.2) is 24.3 Å². The zero-order valence-corrected chi connectivity index (χ0v) is 11.6. The summed E-state index contributed by atoms with van der Waals surface area (Å²) >= 11 is 0. The fraction of sp³-hybridized carbons (Fsp3) is 0.600. The van der Waals surface area contributed by atoms with Crippen LogP contribution in [0.3, 0.4) is 0 Å². The fourth-order valence-corrected chi connectivity index (χ4v) is 2.27. The van der Waals surface area contributed by atoms with Gasteiger partial charge in [0.05, 0.1) is 32.5 Å². The molecule has 1 unspecified atom stereocenters. The van der Waals surface area contributed by atoms with Crippen LogP contribution in [-0.2, 0) is 20.6 Å². The average Bonchev–Trinajstić information content (AvgIpc) is 2.46. The molecular formula is C15H23NO3. The second-order valence-corrected chi connectivity index (χ2v) is 4.62. The van der Waals surface area contributed by atoms with Gasteiger partial charge in [-0.25, -0.2) is 0 Å². The maximum Gasteiger partial charge on any atom is 0.0952 e. The van der Waals surface area contributed by atoms with Crippen LogP contribution in [0.5, 0.6) is 0 Å². The van der Waals surface area contributed by atoms with Crippen molar-refractivity contribution in [3.63, 3.8) is 0 Å². The minimum absolute atomic E-state index is 0.170. The molecule has 0 aromatic heterocycles. The summed E-state index contributed by atoms with van der Waals surface area (Å²) < 4.78 is 16.1. The first-order valence-electron chi connectivity index (χ1n) is 6.88. The van der Waals surface area contributed by atoms with E-state index in [1.54, 1.807) is 7.11 Å². The summed E-state index contributed by atoms with van der Waals surface area (Å²) in [5.74, 6) is 0. The molecule has 0 saturated heterocycles. The van der Waals surface area contributed by atoms with Gasteiger partial charge in [-0.2, -0.15) is 0 Å². The van der Waals surface area contributed by atoms with Crippen molar-refractivity contribution in [2.75, 3.05) is 46.6 Å². The summed E-state index contributed by atoms with van der Waals surface area (Å²) in [5, 5.41) is 3.38. The Labute approximate surface area is 115 Å². The molecule has 1 heterocycles. The van der Waals surface area contributed by atoms with Gasteiger partial charge in [0.15, 0.2) is 0 Å². The molecule has 19 heavy (non-hydrogen) atoms. The van der Waals surface area contributed by atoms with Crippen LogP contribution in [0, 0.1) is 0 Å². The van der Waals surface area contributed by atoms with Gasteiger partial charge in [0, 0.05) is 20.2 Å². The summed E-state index contributed by atoms with van der Waals surface area (Å²) in [6, 6.07) is 8.53. The van der Waals surface area contributed by atoms with E-state index < -0.39 is 0 Å². The third-order valence-electron chi connectivity index (χ3n) is 3.28. The molecule has 0 radical (unpaired) electrons. The molecule has 1 N–H and O–H groups in total. The Morgan fingerprint density at radius 2 is 2.16 bits per heavy atom. The number of ether oxygens (including phenoxy) is 3. The smallest absolute Gasteiger partial charge is 0.0952 e. The van der Waals surface area contributed by atoms with Crippen LogP contribution < -0.4 is 5.32 Å². The Morgan fingerprint density at radius 3 is 3.05 bits per heavy atom. The zero-order valence-electron chi connectivity index (χ0n) is 11.6. The molecule has 0 saturated carbocycles. The first-order valence-corrected chi connectivity index (χ1v) is 6.88. The van der Waals surface area contributed by atoms with E-state index in [0.29, 0.717) is 19.8 Å². The molecule has 1 aliphatic rings. The monoisotopic (exact) mass is 265 g/mol. The van der Waals surface area contributed by atoms with Crippen LogP contribution in [0.2, 0.25) is 0 Å². The molecule has 1 atom stereocenters. The van der Waals surface area contributed by atoms with Gasteiger partial charge in [-0.15, -0.1) is 0 Å². The van der Waals surface area contributed by atoms with Crippen LogP contribution in [0.4, 0.5) is 0 Å². The third-order valence-corrected chi connectivity index (χ3v) is 3.28. The molecule has 2 rings (SSSR count). The molecule has 1 aromatic rings. The van der Waals surface area contributed by atoms with Gasteiger partial charge in [-0.05, 0) is 17.5 Å². The van der Waals surface area contributed by atoms with Crippen molar-refractivity contribution in [3.05, 3.63) is 35.4 Å². The highest BCUT2D eigenvalue weighted by Crippen LogP contribution is 2.25. The first kappa shape index (κ1) is 14.5. The number of hydrogen-bond acceptors (Lipinski definition) is 4. The SMILES string of the molecule is COCCOCCNCC1OCCc2ccccc21. The molecular weight excluding hydrogens is 242 g/mol. The predicted octanol–water partition coefficient (Wildman–Crippen LogP) is 1.55. The molecule has 4 nitrogen and oxygen atoms in total. The number of hydrogen-bond donors (Lipinski definition) is 1. The lowest BCUT2D eigenvalue weighted by Gasteiger charge is -2.26. The van der Waals surface area contributed by atoms with Gasteiger partial charge in [0.2, 0.25) is 0 Å². The van der Waals surface area contributed by atoms with Gasteiger partial charge in [0.1, 0.15) is 0 Å². The second-order valence-electron chi connectivity index (χ2n) is 4.62. The van der Waals surface area contributed by atoms with E-state index in [9.17, 15) is 0 Å². The van der Waals surface area contributed by atoms with Crippen molar-refractivity contribution in [3.8, 4) is 0 Å². The standard InChI is InChI=1S/C15H23NO3/c1-17-10-11-18-9-7-16-12-15-14-5-3-2-4-13(14)6-8-19-15/h2-5,15-16H,6-12H2,1H3. The third kappa shape index (κ3) is 4.58. The normalized spacial score (nSPS) is 18.3. The van der Waals surface area contributed by atoms with Crippen molar-refractivity contribution in [1.82, 2.24) is 5.32 Å². The molecule has 0 amide bonds. The van der Waals surface area contributed by atoms with Gasteiger partial charge in [-0.1, -0.05) is 24.3 Å². The highest BCUT2D eigenvalue weighted by atomic mass is 16.5. The lowest BCUT2D eigenvalue weighted by Crippen LogP contribution is -2.29. The lowest BCUT2D eigenvalue weighted by atomic mass is 9.97. The summed E-state index contributed by atoms with van der Waals surface area (Å²) in [4.78, 5) is 0. The minimum atomic E-state index is 0.170. The van der Waals surface area contributed by atoms with Gasteiger partial charge in [0.25, 0.3) is 0 Å². The van der Waals surface area contributed by atoms with Crippen LogP contribution in [0.1, 0.15) is 17.2 Å². The van der Waals surface area contributed by atoms with E-state index in [-0.39, 0.29) is 6.10 Å². The number of benzene rings is 1. The van der Waals surface area contributed by atoms with Gasteiger partial charge in [-0.3, -0.25) is 0 Å². The number of fused-ring (bicyclic) bond motifs is 1. The first-order chi connectivity index (χ1) is 9.42. The van der Waals surface area contributed by atoms with E-state index in [1.807, 2.05) is 0 Å². The Bertz CT molecular complexity index is 370. The van der Waals surface area contributed by atoms with Crippen LogP contribution >= 0.6 is 0 Å². The highest BCUT2D eigenvalue weighted by molar-refractivity contribution is 5.31. The zero-order chi connectivity index (χ0) is 13.3. The Hall–Kier alpha value is -0.940. The van der Waals surface area contributed by atoms with Crippen molar-refractivity contribution in [1.29, 1.82) is 0 Å². The molecule has 1 aliphatic heterocycles. The largest absolute Gasteiger partial charge is 0.382 e. The van der Waals surface area contributed by atoms with E-state index in [1.165, 1.54) is 11.1 Å². The minimum Gasteiger partial charge on any atom is -0.382 e. The maximum atomic E-state index is 5.83. The fourth-order valence-electron chi connectivity index (χ4n) is 2.27. The molecule has 0 fully saturated rings. The lowest BCUT2D eigenvalue weighted by molar-refractivity contribution is 0.0385. The van der Waals surface area contributed by atoms with Crippen molar-refractivity contribution in [2.24, 2.45) is 0 Å². The Balaban J connectivity index is 1.67. The number of rotatable bonds is 8. The van der Waals surface area contributed by atoms with E-state index in [4.69, 9.17) is 14.2 Å². The summed E-state index contributed by atoms with van der Waals surface area (Å²) in [7, 11) is 1.68. The van der Waals surface area contributed by atoms with Crippen molar-refractivity contribution >= 4 is 0 Å². The molecule has 106 valence electrons. The summed E-state index contributed by atoms with van der Waals surface area (Å²) in [6.07, 6.45) is 1.19. The van der Waals surface area contributed by atoms with E-state index in [0.717, 1.165) is 26.1 Å². The molecule has 0 bridgehead atoms. The number of methoxy groups -OCH3 is 1. The van der Waals surface area contributed by atoms with Gasteiger partial charge < -0.3 is 19.5 Å². The molecule has 1 aromatic carbocycles. The van der Waals surface area contributed by atoms with E-state index in [2.05, 4.69) is 29.6 Å². The quantitative estimate of drug-likeness (QED) is 0.724. The molecule has 0 spiro atoms. The highest BCUT2D eigenvalue weighted by Gasteiger charge is 2.19. The Morgan fingerprint density at radius 1 is 1.26 bits per heavy atom. The Kier molecular flexibility index (Phi) is 6.30. The maximum absolute atomic E-state index is 5.83. The van der Waals surface area contributed by atoms with Crippen molar-refractivity contribution < 1.29 is 14.2 Å². The molecule has 0 aliphatic carbocycles. The second kappa shape index (κ2) is 8.27.